The van der Waals surface area contributed by atoms with Crippen LogP contribution < -0.4 is 14.8 Å². The van der Waals surface area contributed by atoms with E-state index in [1.807, 2.05) is 43.8 Å². The normalized spacial score (nSPS) is 17.3. The smallest absolute Gasteiger partial charge is 0.251 e. The zero-order chi connectivity index (χ0) is 18.3. The van der Waals surface area contributed by atoms with Crippen LogP contribution in [0.2, 0.25) is 0 Å². The largest absolute Gasteiger partial charge is 0.448 e. The fourth-order valence-corrected chi connectivity index (χ4v) is 3.66. The zero-order valence-corrected chi connectivity index (χ0v) is 15.3. The summed E-state index contributed by atoms with van der Waals surface area (Å²) in [5.41, 5.74) is 3.59. The number of fused-ring (bicyclic) bond motifs is 1. The highest BCUT2D eigenvalue weighted by Gasteiger charge is 2.44. The van der Waals surface area contributed by atoms with Crippen LogP contribution in [-0.4, -0.2) is 21.5 Å². The van der Waals surface area contributed by atoms with Crippen molar-refractivity contribution in [2.75, 3.05) is 5.32 Å². The van der Waals surface area contributed by atoms with Crippen molar-refractivity contribution >= 4 is 17.7 Å². The van der Waals surface area contributed by atoms with Crippen LogP contribution in [0.25, 0.3) is 6.08 Å². The van der Waals surface area contributed by atoms with E-state index in [0.29, 0.717) is 11.4 Å². The van der Waals surface area contributed by atoms with Gasteiger partial charge in [0.05, 0.1) is 5.69 Å². The number of carbonyl (C=O) groups is 1. The molecule has 2 aliphatic rings. The molecule has 1 aromatic carbocycles. The van der Waals surface area contributed by atoms with Crippen molar-refractivity contribution in [1.29, 1.82) is 0 Å². The zero-order valence-electron chi connectivity index (χ0n) is 15.3. The molecule has 2 aromatic rings. The summed E-state index contributed by atoms with van der Waals surface area (Å²) < 4.78 is 13.8. The molecule has 1 aromatic heterocycles. The Labute approximate surface area is 152 Å². The number of hydrogen-bond donors (Lipinski definition) is 1. The number of aromatic nitrogens is 2. The number of anilines is 1. The van der Waals surface area contributed by atoms with Gasteiger partial charge in [-0.3, -0.25) is 9.48 Å². The van der Waals surface area contributed by atoms with Gasteiger partial charge >= 0.3 is 0 Å². The van der Waals surface area contributed by atoms with Crippen LogP contribution in [0.15, 0.2) is 24.3 Å². The van der Waals surface area contributed by atoms with Crippen LogP contribution in [0, 0.1) is 13.8 Å². The average molecular weight is 353 g/mol. The van der Waals surface area contributed by atoms with Gasteiger partial charge in [0.1, 0.15) is 0 Å². The maximum absolute atomic E-state index is 12.3. The van der Waals surface area contributed by atoms with Gasteiger partial charge in [-0.05, 0) is 44.9 Å². The lowest BCUT2D eigenvalue weighted by atomic mass is 10.2. The molecule has 1 amide bonds. The van der Waals surface area contributed by atoms with Gasteiger partial charge in [-0.2, -0.15) is 5.10 Å². The second-order valence-electron chi connectivity index (χ2n) is 7.01. The molecular formula is C20H23N3O3. The fourth-order valence-electron chi connectivity index (χ4n) is 3.66. The number of amides is 1. The number of benzene rings is 1. The SMILES string of the molecule is Cc1nn(C)c(C)c1/C=C/C(=O)Nc1ccc2c(c1)OC1(CCCC1)O2. The third-order valence-corrected chi connectivity index (χ3v) is 5.13. The molecule has 136 valence electrons. The Morgan fingerprint density at radius 2 is 1.96 bits per heavy atom. The van der Waals surface area contributed by atoms with E-state index >= 15 is 0 Å². The summed E-state index contributed by atoms with van der Waals surface area (Å²) >= 11 is 0. The van der Waals surface area contributed by atoms with Crippen LogP contribution >= 0.6 is 0 Å². The minimum atomic E-state index is -0.486. The van der Waals surface area contributed by atoms with Crippen molar-refractivity contribution in [3.8, 4) is 11.5 Å². The first kappa shape index (κ1) is 16.7. The van der Waals surface area contributed by atoms with Crippen molar-refractivity contribution in [1.82, 2.24) is 9.78 Å². The Balaban J connectivity index is 1.45. The molecule has 0 unspecified atom stereocenters. The fraction of sp³-hybridized carbons (Fsp3) is 0.400. The van der Waals surface area contributed by atoms with Crippen LogP contribution in [0.3, 0.4) is 0 Å². The molecule has 26 heavy (non-hydrogen) atoms. The van der Waals surface area contributed by atoms with Gasteiger partial charge in [0.2, 0.25) is 5.91 Å². The molecule has 4 rings (SSSR count). The average Bonchev–Trinajstić information content (AvgIpc) is 3.26. The summed E-state index contributed by atoms with van der Waals surface area (Å²) in [5, 5.41) is 7.23. The van der Waals surface area contributed by atoms with Gasteiger partial charge in [-0.1, -0.05) is 0 Å². The van der Waals surface area contributed by atoms with E-state index in [0.717, 1.165) is 48.4 Å². The van der Waals surface area contributed by atoms with Gasteiger partial charge < -0.3 is 14.8 Å². The first-order chi connectivity index (χ1) is 12.5. The molecule has 2 heterocycles. The number of ether oxygens (including phenoxy) is 2. The Morgan fingerprint density at radius 3 is 2.65 bits per heavy atom. The summed E-state index contributed by atoms with van der Waals surface area (Å²) in [5.74, 6) is 0.775. The number of nitrogens with one attached hydrogen (secondary N) is 1. The second kappa shape index (κ2) is 6.20. The third kappa shape index (κ3) is 2.96. The van der Waals surface area contributed by atoms with Crippen molar-refractivity contribution in [3.63, 3.8) is 0 Å². The maximum Gasteiger partial charge on any atom is 0.251 e. The molecule has 6 nitrogen and oxygen atoms in total. The third-order valence-electron chi connectivity index (χ3n) is 5.13. The molecule has 1 N–H and O–H groups in total. The molecular weight excluding hydrogens is 330 g/mol. The van der Waals surface area contributed by atoms with Crippen molar-refractivity contribution < 1.29 is 14.3 Å². The topological polar surface area (TPSA) is 65.4 Å². The first-order valence-electron chi connectivity index (χ1n) is 8.97. The molecule has 0 saturated heterocycles. The maximum atomic E-state index is 12.3. The Morgan fingerprint density at radius 1 is 1.23 bits per heavy atom. The molecule has 0 radical (unpaired) electrons. The lowest BCUT2D eigenvalue weighted by Crippen LogP contribution is -2.34. The molecule has 1 fully saturated rings. The van der Waals surface area contributed by atoms with E-state index in [9.17, 15) is 4.79 Å². The van der Waals surface area contributed by atoms with E-state index in [1.54, 1.807) is 6.08 Å². The molecule has 1 saturated carbocycles. The summed E-state index contributed by atoms with van der Waals surface area (Å²) in [6.07, 6.45) is 7.39. The van der Waals surface area contributed by atoms with Gasteiger partial charge in [-0.25, -0.2) is 0 Å². The molecule has 1 aliphatic carbocycles. The van der Waals surface area contributed by atoms with Gasteiger partial charge in [0.15, 0.2) is 11.5 Å². The highest BCUT2D eigenvalue weighted by molar-refractivity contribution is 6.02. The minimum Gasteiger partial charge on any atom is -0.448 e. The van der Waals surface area contributed by atoms with Crippen molar-refractivity contribution in [2.45, 2.75) is 45.3 Å². The summed E-state index contributed by atoms with van der Waals surface area (Å²) in [7, 11) is 1.89. The van der Waals surface area contributed by atoms with Crippen molar-refractivity contribution in [3.05, 3.63) is 41.2 Å². The van der Waals surface area contributed by atoms with Crippen LogP contribution in [-0.2, 0) is 11.8 Å². The summed E-state index contributed by atoms with van der Waals surface area (Å²) in [6, 6.07) is 5.52. The van der Waals surface area contributed by atoms with Crippen LogP contribution in [0.1, 0.15) is 42.6 Å². The number of rotatable bonds is 3. The standard InChI is InChI=1S/C20H23N3O3/c1-13-16(14(2)23(3)22-13)7-9-19(24)21-15-6-8-17-18(12-15)26-20(25-17)10-4-5-11-20/h6-9,12H,4-5,10-11H2,1-3H3,(H,21,24)/b9-7+. The number of nitrogens with zero attached hydrogens (tertiary/aromatic N) is 2. The van der Waals surface area contributed by atoms with Crippen LogP contribution in [0.5, 0.6) is 11.5 Å². The quantitative estimate of drug-likeness (QED) is 0.854. The number of hydrogen-bond acceptors (Lipinski definition) is 4. The molecule has 0 atom stereocenters. The first-order valence-corrected chi connectivity index (χ1v) is 8.97. The predicted octanol–water partition coefficient (Wildman–Crippen LogP) is 3.73. The minimum absolute atomic E-state index is 0.193. The van der Waals surface area contributed by atoms with E-state index in [4.69, 9.17) is 9.47 Å². The summed E-state index contributed by atoms with van der Waals surface area (Å²) in [4.78, 5) is 12.3. The van der Waals surface area contributed by atoms with Gasteiger partial charge in [-0.15, -0.1) is 0 Å². The van der Waals surface area contributed by atoms with Gasteiger partial charge in [0.25, 0.3) is 5.79 Å². The predicted molar refractivity (Wildman–Crippen MR) is 99.2 cm³/mol. The van der Waals surface area contributed by atoms with Crippen molar-refractivity contribution in [2.24, 2.45) is 7.05 Å². The number of carbonyl (C=O) groups excluding carboxylic acids is 1. The highest BCUT2D eigenvalue weighted by atomic mass is 16.7. The molecule has 0 bridgehead atoms. The summed E-state index contributed by atoms with van der Waals surface area (Å²) in [6.45, 7) is 3.91. The lowest BCUT2D eigenvalue weighted by molar-refractivity contribution is -0.111. The molecule has 1 aliphatic heterocycles. The van der Waals surface area contributed by atoms with Crippen LogP contribution in [0.4, 0.5) is 5.69 Å². The Kier molecular flexibility index (Phi) is 3.98. The highest BCUT2D eigenvalue weighted by Crippen LogP contribution is 2.47. The lowest BCUT2D eigenvalue weighted by Gasteiger charge is -2.21. The molecule has 6 heteroatoms. The van der Waals surface area contributed by atoms with E-state index < -0.39 is 5.79 Å². The monoisotopic (exact) mass is 353 g/mol. The Hall–Kier alpha value is -2.76. The van der Waals surface area contributed by atoms with E-state index in [1.165, 1.54) is 6.08 Å². The molecule has 1 spiro atoms. The second-order valence-corrected chi connectivity index (χ2v) is 7.01. The van der Waals surface area contributed by atoms with Gasteiger partial charge in [0, 0.05) is 49.0 Å². The van der Waals surface area contributed by atoms with E-state index in [2.05, 4.69) is 10.4 Å². The van der Waals surface area contributed by atoms with E-state index in [-0.39, 0.29) is 5.91 Å². The Bertz CT molecular complexity index is 892. The number of aryl methyl sites for hydroxylation is 2.